The molecule has 1 unspecified atom stereocenters. The van der Waals surface area contributed by atoms with E-state index in [-0.39, 0.29) is 17.4 Å². The Morgan fingerprint density at radius 1 is 1.43 bits per heavy atom. The number of fused-ring (bicyclic) bond motifs is 1. The summed E-state index contributed by atoms with van der Waals surface area (Å²) in [7, 11) is 0. The first kappa shape index (κ1) is 15.5. The summed E-state index contributed by atoms with van der Waals surface area (Å²) in [5.74, 6) is 0.624. The lowest BCUT2D eigenvalue weighted by Crippen LogP contribution is -2.23. The molecule has 5 nitrogen and oxygen atoms in total. The van der Waals surface area contributed by atoms with E-state index in [1.165, 1.54) is 0 Å². The first-order valence-corrected chi connectivity index (χ1v) is 7.18. The number of hydrogen-bond donors (Lipinski definition) is 2. The van der Waals surface area contributed by atoms with Gasteiger partial charge in [-0.3, -0.25) is 4.79 Å². The zero-order valence-electron chi connectivity index (χ0n) is 13.1. The van der Waals surface area contributed by atoms with Crippen LogP contribution < -0.4 is 11.1 Å². The van der Waals surface area contributed by atoms with Crippen LogP contribution in [-0.2, 0) is 11.2 Å². The fourth-order valence-electron chi connectivity index (χ4n) is 2.09. The summed E-state index contributed by atoms with van der Waals surface area (Å²) < 4.78 is 5.72. The second-order valence-corrected chi connectivity index (χ2v) is 6.76. The molecule has 0 aliphatic heterocycles. The van der Waals surface area contributed by atoms with Crippen molar-refractivity contribution < 1.29 is 9.21 Å². The van der Waals surface area contributed by atoms with E-state index in [1.807, 2.05) is 18.2 Å². The van der Waals surface area contributed by atoms with Crippen molar-refractivity contribution in [3.05, 3.63) is 24.1 Å². The Labute approximate surface area is 124 Å². The van der Waals surface area contributed by atoms with Crippen LogP contribution in [0.25, 0.3) is 11.1 Å². The van der Waals surface area contributed by atoms with Crippen LogP contribution in [0.5, 0.6) is 0 Å². The summed E-state index contributed by atoms with van der Waals surface area (Å²) in [6, 6.07) is 5.31. The average Bonchev–Trinajstić information content (AvgIpc) is 2.66. The molecule has 3 N–H and O–H groups in total. The zero-order valence-corrected chi connectivity index (χ0v) is 13.1. The maximum atomic E-state index is 11.7. The average molecular weight is 289 g/mol. The maximum Gasteiger partial charge on any atom is 0.225 e. The number of carbonyl (C=O) groups is 1. The number of carbonyl (C=O) groups excluding carboxylic acids is 1. The molecule has 2 rings (SSSR count). The highest BCUT2D eigenvalue weighted by atomic mass is 16.3. The van der Waals surface area contributed by atoms with E-state index in [1.54, 1.807) is 6.92 Å². The van der Waals surface area contributed by atoms with Gasteiger partial charge in [0.05, 0.1) is 0 Å². The standard InChI is InChI=1S/C16H23N3O2/c1-10(17)7-14(20)18-11-5-6-13-12(8-11)19-15(21-13)9-16(2,3)4/h5-6,8,10H,7,9,17H2,1-4H3,(H,18,20). The second-order valence-electron chi connectivity index (χ2n) is 6.76. The van der Waals surface area contributed by atoms with E-state index >= 15 is 0 Å². The summed E-state index contributed by atoms with van der Waals surface area (Å²) in [5.41, 5.74) is 7.94. The Kier molecular flexibility index (Phi) is 4.32. The molecule has 0 saturated carbocycles. The van der Waals surface area contributed by atoms with Crippen molar-refractivity contribution in [2.45, 2.75) is 46.6 Å². The molecule has 0 saturated heterocycles. The molecule has 1 aromatic heterocycles. The highest BCUT2D eigenvalue weighted by molar-refractivity contribution is 5.93. The van der Waals surface area contributed by atoms with Crippen LogP contribution in [0.15, 0.2) is 22.6 Å². The molecule has 0 bridgehead atoms. The van der Waals surface area contributed by atoms with Crippen molar-refractivity contribution in [3.63, 3.8) is 0 Å². The third-order valence-corrected chi connectivity index (χ3v) is 2.90. The predicted octanol–water partition coefficient (Wildman–Crippen LogP) is 3.09. The molecule has 0 spiro atoms. The Morgan fingerprint density at radius 2 is 2.14 bits per heavy atom. The minimum atomic E-state index is -0.154. The predicted molar refractivity (Wildman–Crippen MR) is 84.1 cm³/mol. The number of nitrogens with one attached hydrogen (secondary N) is 1. The lowest BCUT2D eigenvalue weighted by atomic mass is 9.92. The quantitative estimate of drug-likeness (QED) is 0.906. The molecule has 0 fully saturated rings. The Morgan fingerprint density at radius 3 is 2.76 bits per heavy atom. The minimum Gasteiger partial charge on any atom is -0.441 e. The van der Waals surface area contributed by atoms with Crippen LogP contribution in [0.1, 0.15) is 40.0 Å². The van der Waals surface area contributed by atoms with Crippen molar-refractivity contribution in [1.82, 2.24) is 4.98 Å². The van der Waals surface area contributed by atoms with Gasteiger partial charge in [0.15, 0.2) is 11.5 Å². The van der Waals surface area contributed by atoms with Gasteiger partial charge in [-0.25, -0.2) is 4.98 Å². The van der Waals surface area contributed by atoms with Gasteiger partial charge < -0.3 is 15.5 Å². The van der Waals surface area contributed by atoms with Crippen LogP contribution >= 0.6 is 0 Å². The van der Waals surface area contributed by atoms with E-state index in [0.29, 0.717) is 12.1 Å². The van der Waals surface area contributed by atoms with Crippen LogP contribution in [0.3, 0.4) is 0 Å². The summed E-state index contributed by atoms with van der Waals surface area (Å²) in [6.07, 6.45) is 1.07. The van der Waals surface area contributed by atoms with Crippen LogP contribution in [-0.4, -0.2) is 16.9 Å². The Bertz CT molecular complexity index is 638. The number of nitrogens with two attached hydrogens (primary N) is 1. The first-order valence-electron chi connectivity index (χ1n) is 7.18. The van der Waals surface area contributed by atoms with E-state index in [9.17, 15) is 4.79 Å². The molecule has 2 aromatic rings. The lowest BCUT2D eigenvalue weighted by molar-refractivity contribution is -0.116. The normalized spacial score (nSPS) is 13.4. The molecule has 21 heavy (non-hydrogen) atoms. The van der Waals surface area contributed by atoms with E-state index in [0.717, 1.165) is 23.4 Å². The zero-order chi connectivity index (χ0) is 15.6. The minimum absolute atomic E-state index is 0.0947. The lowest BCUT2D eigenvalue weighted by Gasteiger charge is -2.14. The number of aromatic nitrogens is 1. The van der Waals surface area contributed by atoms with Gasteiger partial charge in [-0.15, -0.1) is 0 Å². The number of benzene rings is 1. The molecular formula is C16H23N3O2. The van der Waals surface area contributed by atoms with Crippen LogP contribution in [0.2, 0.25) is 0 Å². The van der Waals surface area contributed by atoms with Crippen molar-refractivity contribution in [1.29, 1.82) is 0 Å². The molecule has 1 aromatic carbocycles. The molecule has 0 radical (unpaired) electrons. The van der Waals surface area contributed by atoms with Crippen LogP contribution in [0.4, 0.5) is 5.69 Å². The molecular weight excluding hydrogens is 266 g/mol. The van der Waals surface area contributed by atoms with E-state index in [4.69, 9.17) is 10.2 Å². The van der Waals surface area contributed by atoms with Crippen molar-refractivity contribution in [2.75, 3.05) is 5.32 Å². The van der Waals surface area contributed by atoms with Gasteiger partial charge in [-0.05, 0) is 30.5 Å². The van der Waals surface area contributed by atoms with Gasteiger partial charge in [0.1, 0.15) is 5.52 Å². The highest BCUT2D eigenvalue weighted by Gasteiger charge is 2.16. The second kappa shape index (κ2) is 5.85. The summed E-state index contributed by atoms with van der Waals surface area (Å²) >= 11 is 0. The molecule has 114 valence electrons. The van der Waals surface area contributed by atoms with E-state index in [2.05, 4.69) is 31.1 Å². The number of hydrogen-bond acceptors (Lipinski definition) is 4. The molecule has 0 aliphatic carbocycles. The highest BCUT2D eigenvalue weighted by Crippen LogP contribution is 2.25. The summed E-state index contributed by atoms with van der Waals surface area (Å²) in [5, 5.41) is 2.82. The number of anilines is 1. The molecule has 1 amide bonds. The third kappa shape index (κ3) is 4.56. The maximum absolute atomic E-state index is 11.7. The first-order chi connectivity index (χ1) is 9.73. The molecule has 1 heterocycles. The van der Waals surface area contributed by atoms with Crippen molar-refractivity contribution >= 4 is 22.7 Å². The topological polar surface area (TPSA) is 81.2 Å². The molecule has 1 atom stereocenters. The summed E-state index contributed by atoms with van der Waals surface area (Å²) in [4.78, 5) is 16.2. The third-order valence-electron chi connectivity index (χ3n) is 2.90. The number of amides is 1. The fourth-order valence-corrected chi connectivity index (χ4v) is 2.09. The van der Waals surface area contributed by atoms with Gasteiger partial charge in [0.25, 0.3) is 0 Å². The van der Waals surface area contributed by atoms with Gasteiger partial charge in [0.2, 0.25) is 5.91 Å². The van der Waals surface area contributed by atoms with E-state index < -0.39 is 0 Å². The smallest absolute Gasteiger partial charge is 0.225 e. The summed E-state index contributed by atoms with van der Waals surface area (Å²) in [6.45, 7) is 8.23. The molecule has 0 aliphatic rings. The van der Waals surface area contributed by atoms with Crippen LogP contribution in [0, 0.1) is 5.41 Å². The van der Waals surface area contributed by atoms with Gasteiger partial charge in [-0.1, -0.05) is 20.8 Å². The number of rotatable bonds is 4. The fraction of sp³-hybridized carbons (Fsp3) is 0.500. The van der Waals surface area contributed by atoms with Gasteiger partial charge >= 0.3 is 0 Å². The SMILES string of the molecule is CC(N)CC(=O)Nc1ccc2oc(CC(C)(C)C)nc2c1. The Hall–Kier alpha value is -1.88. The van der Waals surface area contributed by atoms with Gasteiger partial charge in [0, 0.05) is 24.6 Å². The van der Waals surface area contributed by atoms with Crippen molar-refractivity contribution in [2.24, 2.45) is 11.1 Å². The van der Waals surface area contributed by atoms with Gasteiger partial charge in [-0.2, -0.15) is 0 Å². The van der Waals surface area contributed by atoms with Crippen molar-refractivity contribution in [3.8, 4) is 0 Å². The molecule has 5 heteroatoms. The monoisotopic (exact) mass is 289 g/mol. The number of nitrogens with zero attached hydrogens (tertiary/aromatic N) is 1. The largest absolute Gasteiger partial charge is 0.441 e. The Balaban J connectivity index is 2.16. The number of oxazole rings is 1.